The average Bonchev–Trinajstić information content (AvgIpc) is 2.98. The van der Waals surface area contributed by atoms with Crippen molar-refractivity contribution in [1.29, 1.82) is 0 Å². The van der Waals surface area contributed by atoms with Crippen molar-refractivity contribution in [3.05, 3.63) is 87.1 Å². The minimum absolute atomic E-state index is 0.277. The van der Waals surface area contributed by atoms with Crippen LogP contribution in [0, 0.1) is 0 Å². The van der Waals surface area contributed by atoms with Crippen LogP contribution in [0.15, 0.2) is 70.4 Å². The Morgan fingerprint density at radius 2 is 1.92 bits per heavy atom. The molecule has 0 aliphatic heterocycles. The van der Waals surface area contributed by atoms with Crippen LogP contribution in [0.4, 0.5) is 0 Å². The molecule has 1 amide bonds. The molecule has 0 fully saturated rings. The first-order valence-corrected chi connectivity index (χ1v) is 8.65. The number of nitrogens with one attached hydrogen (secondary N) is 1. The first kappa shape index (κ1) is 17.4. The summed E-state index contributed by atoms with van der Waals surface area (Å²) in [5, 5.41) is 8.94. The second-order valence-electron chi connectivity index (χ2n) is 5.26. The molecule has 1 N–H and O–H groups in total. The molecule has 0 unspecified atom stereocenters. The van der Waals surface area contributed by atoms with E-state index in [1.54, 1.807) is 17.1 Å². The van der Waals surface area contributed by atoms with Gasteiger partial charge in [-0.1, -0.05) is 54.1 Å². The molecule has 2 aromatic carbocycles. The van der Waals surface area contributed by atoms with Crippen molar-refractivity contribution in [3.63, 3.8) is 0 Å². The van der Waals surface area contributed by atoms with Crippen molar-refractivity contribution in [1.82, 2.24) is 15.2 Å². The number of nitrogens with zero attached hydrogens (tertiary/aromatic N) is 3. The maximum Gasteiger partial charge on any atom is 0.293 e. The Balaban J connectivity index is 1.66. The van der Waals surface area contributed by atoms with Crippen molar-refractivity contribution in [2.45, 2.75) is 6.54 Å². The molecule has 25 heavy (non-hydrogen) atoms. The van der Waals surface area contributed by atoms with E-state index in [1.165, 1.54) is 0 Å². The summed E-state index contributed by atoms with van der Waals surface area (Å²) in [5.74, 6) is -0.381. The molecular formula is C18H14BrClN4O. The number of aromatic nitrogens is 2. The minimum atomic E-state index is -0.381. The maximum absolute atomic E-state index is 12.2. The Bertz CT molecular complexity index is 891. The smallest absolute Gasteiger partial charge is 0.266 e. The molecular weight excluding hydrogens is 404 g/mol. The number of rotatable bonds is 5. The van der Waals surface area contributed by atoms with E-state index in [4.69, 9.17) is 11.6 Å². The molecule has 0 atom stereocenters. The Morgan fingerprint density at radius 1 is 1.20 bits per heavy atom. The molecule has 0 radical (unpaired) electrons. The predicted octanol–water partition coefficient (Wildman–Crippen LogP) is 4.11. The van der Waals surface area contributed by atoms with Crippen LogP contribution in [0.5, 0.6) is 0 Å². The Kier molecular flexibility index (Phi) is 5.63. The minimum Gasteiger partial charge on any atom is -0.266 e. The standard InChI is InChI=1S/C18H14BrClN4O/c19-16-12-24(11-14-6-8-15(20)9-7-14)23-17(16)18(25)22-21-10-13-4-2-1-3-5-13/h1-10,12H,11H2,(H,22,25)/b21-10+. The van der Waals surface area contributed by atoms with Crippen LogP contribution in [-0.4, -0.2) is 21.9 Å². The summed E-state index contributed by atoms with van der Waals surface area (Å²) in [6.45, 7) is 0.538. The summed E-state index contributed by atoms with van der Waals surface area (Å²) in [4.78, 5) is 12.2. The summed E-state index contributed by atoms with van der Waals surface area (Å²) < 4.78 is 2.29. The van der Waals surface area contributed by atoms with Gasteiger partial charge in [-0.25, -0.2) is 5.43 Å². The zero-order valence-corrected chi connectivity index (χ0v) is 15.4. The van der Waals surface area contributed by atoms with Crippen molar-refractivity contribution < 1.29 is 4.79 Å². The number of amides is 1. The van der Waals surface area contributed by atoms with Crippen LogP contribution in [-0.2, 0) is 6.54 Å². The molecule has 0 saturated heterocycles. The van der Waals surface area contributed by atoms with Crippen molar-refractivity contribution >= 4 is 39.7 Å². The largest absolute Gasteiger partial charge is 0.293 e. The van der Waals surface area contributed by atoms with E-state index < -0.39 is 0 Å². The van der Waals surface area contributed by atoms with Gasteiger partial charge in [0.1, 0.15) is 0 Å². The number of halogens is 2. The third-order valence-electron chi connectivity index (χ3n) is 3.37. The van der Waals surface area contributed by atoms with Crippen LogP contribution in [0.3, 0.4) is 0 Å². The number of benzene rings is 2. The fraction of sp³-hybridized carbons (Fsp3) is 0.0556. The molecule has 3 rings (SSSR count). The van der Waals surface area contributed by atoms with Gasteiger partial charge in [0, 0.05) is 11.2 Å². The van der Waals surface area contributed by atoms with E-state index in [0.717, 1.165) is 11.1 Å². The number of hydrogen-bond donors (Lipinski definition) is 1. The maximum atomic E-state index is 12.2. The Hall–Kier alpha value is -2.44. The zero-order chi connectivity index (χ0) is 17.6. The van der Waals surface area contributed by atoms with Gasteiger partial charge >= 0.3 is 0 Å². The number of carbonyl (C=O) groups excluding carboxylic acids is 1. The normalized spacial score (nSPS) is 11.0. The van der Waals surface area contributed by atoms with Gasteiger partial charge in [-0.15, -0.1) is 0 Å². The van der Waals surface area contributed by atoms with Gasteiger partial charge in [-0.2, -0.15) is 10.2 Å². The highest BCUT2D eigenvalue weighted by atomic mass is 79.9. The molecule has 126 valence electrons. The SMILES string of the molecule is O=C(N/N=C/c1ccccc1)c1nn(Cc2ccc(Cl)cc2)cc1Br. The third kappa shape index (κ3) is 4.78. The quantitative estimate of drug-likeness (QED) is 0.502. The summed E-state index contributed by atoms with van der Waals surface area (Å²) in [7, 11) is 0. The Morgan fingerprint density at radius 3 is 2.64 bits per heavy atom. The van der Waals surface area contributed by atoms with E-state index in [9.17, 15) is 4.79 Å². The zero-order valence-electron chi connectivity index (χ0n) is 13.1. The van der Waals surface area contributed by atoms with Crippen LogP contribution < -0.4 is 5.43 Å². The van der Waals surface area contributed by atoms with Crippen LogP contribution in [0.2, 0.25) is 5.02 Å². The van der Waals surface area contributed by atoms with Gasteiger partial charge in [0.15, 0.2) is 5.69 Å². The van der Waals surface area contributed by atoms with E-state index in [1.807, 2.05) is 54.6 Å². The number of hydrogen-bond acceptors (Lipinski definition) is 3. The fourth-order valence-corrected chi connectivity index (χ4v) is 2.79. The highest BCUT2D eigenvalue weighted by Crippen LogP contribution is 2.16. The highest BCUT2D eigenvalue weighted by molar-refractivity contribution is 9.10. The van der Waals surface area contributed by atoms with Gasteiger partial charge in [0.25, 0.3) is 5.91 Å². The summed E-state index contributed by atoms with van der Waals surface area (Å²) >= 11 is 9.24. The molecule has 0 bridgehead atoms. The first-order valence-electron chi connectivity index (χ1n) is 7.47. The molecule has 0 aliphatic carbocycles. The fourth-order valence-electron chi connectivity index (χ4n) is 2.17. The third-order valence-corrected chi connectivity index (χ3v) is 4.20. The predicted molar refractivity (Wildman–Crippen MR) is 102 cm³/mol. The summed E-state index contributed by atoms with van der Waals surface area (Å²) in [5.41, 5.74) is 4.69. The second-order valence-corrected chi connectivity index (χ2v) is 6.55. The molecule has 7 heteroatoms. The molecule has 5 nitrogen and oxygen atoms in total. The number of carbonyl (C=O) groups is 1. The van der Waals surface area contributed by atoms with Crippen LogP contribution in [0.1, 0.15) is 21.6 Å². The average molecular weight is 418 g/mol. The lowest BCUT2D eigenvalue weighted by Crippen LogP contribution is -2.19. The van der Waals surface area contributed by atoms with E-state index in [2.05, 4.69) is 31.6 Å². The Labute approximate surface area is 158 Å². The monoisotopic (exact) mass is 416 g/mol. The van der Waals surface area contributed by atoms with E-state index in [0.29, 0.717) is 16.0 Å². The van der Waals surface area contributed by atoms with Gasteiger partial charge in [0.2, 0.25) is 0 Å². The molecule has 0 aliphatic rings. The lowest BCUT2D eigenvalue weighted by molar-refractivity contribution is 0.0948. The molecule has 1 heterocycles. The first-order chi connectivity index (χ1) is 12.1. The lowest BCUT2D eigenvalue weighted by Gasteiger charge is -2.01. The molecule has 3 aromatic rings. The summed E-state index contributed by atoms with van der Waals surface area (Å²) in [6.07, 6.45) is 3.33. The van der Waals surface area contributed by atoms with Crippen LogP contribution >= 0.6 is 27.5 Å². The van der Waals surface area contributed by atoms with E-state index >= 15 is 0 Å². The molecule has 1 aromatic heterocycles. The van der Waals surface area contributed by atoms with Crippen molar-refractivity contribution in [3.8, 4) is 0 Å². The van der Waals surface area contributed by atoms with Gasteiger partial charge < -0.3 is 0 Å². The van der Waals surface area contributed by atoms with Gasteiger partial charge in [-0.05, 0) is 39.2 Å². The van der Waals surface area contributed by atoms with Gasteiger partial charge in [0.05, 0.1) is 17.2 Å². The van der Waals surface area contributed by atoms with E-state index in [-0.39, 0.29) is 11.6 Å². The molecule has 0 spiro atoms. The molecule has 0 saturated carbocycles. The van der Waals surface area contributed by atoms with Crippen molar-refractivity contribution in [2.24, 2.45) is 5.10 Å². The van der Waals surface area contributed by atoms with Gasteiger partial charge in [-0.3, -0.25) is 9.48 Å². The second kappa shape index (κ2) is 8.09. The highest BCUT2D eigenvalue weighted by Gasteiger charge is 2.14. The van der Waals surface area contributed by atoms with Crippen molar-refractivity contribution in [2.75, 3.05) is 0 Å². The lowest BCUT2D eigenvalue weighted by atomic mass is 10.2. The topological polar surface area (TPSA) is 59.3 Å². The van der Waals surface area contributed by atoms with Crippen LogP contribution in [0.25, 0.3) is 0 Å². The number of hydrazone groups is 1. The summed E-state index contributed by atoms with van der Waals surface area (Å²) in [6, 6.07) is 17.0.